The van der Waals surface area contributed by atoms with Gasteiger partial charge in [0.1, 0.15) is 11.6 Å². The van der Waals surface area contributed by atoms with Crippen LogP contribution in [0.25, 0.3) is 0 Å². The van der Waals surface area contributed by atoms with Gasteiger partial charge in [-0.15, -0.1) is 0 Å². The summed E-state index contributed by atoms with van der Waals surface area (Å²) in [5.41, 5.74) is 1.63. The molecule has 1 heterocycles. The van der Waals surface area contributed by atoms with E-state index in [2.05, 4.69) is 20.0 Å². The summed E-state index contributed by atoms with van der Waals surface area (Å²) in [6.07, 6.45) is 3.26. The Bertz CT molecular complexity index is 549. The van der Waals surface area contributed by atoms with Crippen molar-refractivity contribution in [1.82, 2.24) is 9.97 Å². The Labute approximate surface area is 109 Å². The van der Waals surface area contributed by atoms with Crippen LogP contribution in [0.4, 0.5) is 14.6 Å². The van der Waals surface area contributed by atoms with E-state index in [9.17, 15) is 8.78 Å². The number of hydrogen-bond donors (Lipinski definition) is 1. The topological polar surface area (TPSA) is 47.0 Å². The van der Waals surface area contributed by atoms with E-state index in [1.807, 2.05) is 13.0 Å². The molecular weight excluding hydrogens is 252 g/mol. The molecule has 0 fully saturated rings. The molecule has 0 spiro atoms. The van der Waals surface area contributed by atoms with Gasteiger partial charge < -0.3 is 10.1 Å². The molecule has 0 unspecified atom stereocenters. The predicted molar refractivity (Wildman–Crippen MR) is 67.2 cm³/mol. The van der Waals surface area contributed by atoms with Gasteiger partial charge in [-0.1, -0.05) is 12.1 Å². The standard InChI is InChI=1S/C13H13F2N3O/c1-9-6-16-8-12(18-9)17-7-10-3-2-4-11(5-10)19-13(14)15/h2-6,8,13H,7H2,1H3,(H,17,18). The molecule has 100 valence electrons. The Morgan fingerprint density at radius 2 is 2.16 bits per heavy atom. The van der Waals surface area contributed by atoms with Crippen molar-refractivity contribution in [2.45, 2.75) is 20.1 Å². The Morgan fingerprint density at radius 1 is 1.32 bits per heavy atom. The van der Waals surface area contributed by atoms with E-state index in [1.54, 1.807) is 24.5 Å². The lowest BCUT2D eigenvalue weighted by Crippen LogP contribution is -2.04. The summed E-state index contributed by atoms with van der Waals surface area (Å²) in [5.74, 6) is 0.782. The van der Waals surface area contributed by atoms with Gasteiger partial charge in [-0.25, -0.2) is 4.98 Å². The normalized spacial score (nSPS) is 10.5. The van der Waals surface area contributed by atoms with Crippen LogP contribution in [0.3, 0.4) is 0 Å². The van der Waals surface area contributed by atoms with E-state index in [-0.39, 0.29) is 5.75 Å². The maximum atomic E-state index is 12.1. The van der Waals surface area contributed by atoms with Crippen LogP contribution in [0.2, 0.25) is 0 Å². The van der Waals surface area contributed by atoms with Gasteiger partial charge >= 0.3 is 6.61 Å². The van der Waals surface area contributed by atoms with E-state index in [4.69, 9.17) is 0 Å². The maximum Gasteiger partial charge on any atom is 0.387 e. The van der Waals surface area contributed by atoms with Crippen molar-refractivity contribution in [1.29, 1.82) is 0 Å². The molecule has 2 rings (SSSR count). The molecule has 1 aromatic heterocycles. The third-order valence-corrected chi connectivity index (χ3v) is 2.35. The van der Waals surface area contributed by atoms with Crippen LogP contribution in [0.5, 0.6) is 5.75 Å². The minimum atomic E-state index is -2.81. The zero-order valence-electron chi connectivity index (χ0n) is 10.3. The lowest BCUT2D eigenvalue weighted by atomic mass is 10.2. The summed E-state index contributed by atoms with van der Waals surface area (Å²) in [6, 6.07) is 6.52. The smallest absolute Gasteiger partial charge is 0.387 e. The fourth-order valence-electron chi connectivity index (χ4n) is 1.57. The number of alkyl halides is 2. The molecule has 0 amide bonds. The highest BCUT2D eigenvalue weighted by Gasteiger charge is 2.04. The molecule has 0 radical (unpaired) electrons. The number of rotatable bonds is 5. The van der Waals surface area contributed by atoms with Crippen molar-refractivity contribution >= 4 is 5.82 Å². The number of ether oxygens (including phenoxy) is 1. The molecule has 0 aliphatic carbocycles. The van der Waals surface area contributed by atoms with Crippen molar-refractivity contribution in [2.24, 2.45) is 0 Å². The third kappa shape index (κ3) is 4.17. The number of nitrogens with zero attached hydrogens (tertiary/aromatic N) is 2. The molecule has 4 nitrogen and oxygen atoms in total. The number of aromatic nitrogens is 2. The van der Waals surface area contributed by atoms with E-state index in [0.29, 0.717) is 12.4 Å². The summed E-state index contributed by atoms with van der Waals surface area (Å²) >= 11 is 0. The van der Waals surface area contributed by atoms with E-state index in [0.717, 1.165) is 11.3 Å². The van der Waals surface area contributed by atoms with Gasteiger partial charge in [-0.3, -0.25) is 4.98 Å². The Hall–Kier alpha value is -2.24. The van der Waals surface area contributed by atoms with Crippen molar-refractivity contribution < 1.29 is 13.5 Å². The van der Waals surface area contributed by atoms with Crippen molar-refractivity contribution in [2.75, 3.05) is 5.32 Å². The molecule has 1 N–H and O–H groups in total. The average Bonchev–Trinajstić information content (AvgIpc) is 2.36. The molecular formula is C13H13F2N3O. The fourth-order valence-corrected chi connectivity index (χ4v) is 1.57. The summed E-state index contributed by atoms with van der Waals surface area (Å²) in [6.45, 7) is -0.515. The maximum absolute atomic E-state index is 12.1. The Balaban J connectivity index is 1.99. The highest BCUT2D eigenvalue weighted by Crippen LogP contribution is 2.16. The molecule has 2 aromatic rings. The summed E-state index contributed by atoms with van der Waals surface area (Å²) in [4.78, 5) is 8.24. The van der Waals surface area contributed by atoms with E-state index < -0.39 is 6.61 Å². The van der Waals surface area contributed by atoms with Crippen LogP contribution in [-0.4, -0.2) is 16.6 Å². The van der Waals surface area contributed by atoms with Gasteiger partial charge in [0, 0.05) is 12.7 Å². The molecule has 0 saturated carbocycles. The second-order valence-corrected chi connectivity index (χ2v) is 3.93. The van der Waals surface area contributed by atoms with Crippen molar-refractivity contribution in [3.8, 4) is 5.75 Å². The minimum Gasteiger partial charge on any atom is -0.435 e. The Morgan fingerprint density at radius 3 is 2.89 bits per heavy atom. The number of halogens is 2. The highest BCUT2D eigenvalue weighted by molar-refractivity contribution is 5.35. The van der Waals surface area contributed by atoms with Crippen LogP contribution in [-0.2, 0) is 6.54 Å². The first-order valence-corrected chi connectivity index (χ1v) is 5.70. The van der Waals surface area contributed by atoms with Crippen LogP contribution < -0.4 is 10.1 Å². The molecule has 0 aliphatic rings. The second-order valence-electron chi connectivity index (χ2n) is 3.93. The number of anilines is 1. The first-order chi connectivity index (χ1) is 9.13. The number of aryl methyl sites for hydroxylation is 1. The van der Waals surface area contributed by atoms with E-state index in [1.165, 1.54) is 6.07 Å². The largest absolute Gasteiger partial charge is 0.435 e. The summed E-state index contributed by atoms with van der Waals surface area (Å²) < 4.78 is 28.5. The minimum absolute atomic E-state index is 0.143. The zero-order chi connectivity index (χ0) is 13.7. The van der Waals surface area contributed by atoms with Gasteiger partial charge in [-0.2, -0.15) is 8.78 Å². The molecule has 0 saturated heterocycles. The molecule has 0 atom stereocenters. The lowest BCUT2D eigenvalue weighted by molar-refractivity contribution is -0.0498. The second kappa shape index (κ2) is 6.08. The Kier molecular flexibility index (Phi) is 4.22. The lowest BCUT2D eigenvalue weighted by Gasteiger charge is -2.08. The molecule has 0 bridgehead atoms. The molecule has 19 heavy (non-hydrogen) atoms. The van der Waals surface area contributed by atoms with Gasteiger partial charge in [0.2, 0.25) is 0 Å². The quantitative estimate of drug-likeness (QED) is 0.902. The summed E-state index contributed by atoms with van der Waals surface area (Å²) in [5, 5.41) is 3.07. The van der Waals surface area contributed by atoms with Gasteiger partial charge in [-0.05, 0) is 24.6 Å². The molecule has 0 aliphatic heterocycles. The van der Waals surface area contributed by atoms with Gasteiger partial charge in [0.05, 0.1) is 11.9 Å². The average molecular weight is 265 g/mol. The monoisotopic (exact) mass is 265 g/mol. The van der Waals surface area contributed by atoms with Crippen molar-refractivity contribution in [3.63, 3.8) is 0 Å². The van der Waals surface area contributed by atoms with Crippen LogP contribution >= 0.6 is 0 Å². The molecule has 6 heteroatoms. The highest BCUT2D eigenvalue weighted by atomic mass is 19.3. The summed E-state index contributed by atoms with van der Waals surface area (Å²) in [7, 11) is 0. The number of hydrogen-bond acceptors (Lipinski definition) is 4. The first kappa shape index (κ1) is 13.2. The predicted octanol–water partition coefficient (Wildman–Crippen LogP) is 3.00. The van der Waals surface area contributed by atoms with Gasteiger partial charge in [0.15, 0.2) is 0 Å². The SMILES string of the molecule is Cc1cncc(NCc2cccc(OC(F)F)c2)n1. The van der Waals surface area contributed by atoms with Gasteiger partial charge in [0.25, 0.3) is 0 Å². The van der Waals surface area contributed by atoms with E-state index >= 15 is 0 Å². The van der Waals surface area contributed by atoms with Crippen LogP contribution in [0.1, 0.15) is 11.3 Å². The van der Waals surface area contributed by atoms with Crippen molar-refractivity contribution in [3.05, 3.63) is 47.9 Å². The number of benzene rings is 1. The number of nitrogens with one attached hydrogen (secondary N) is 1. The first-order valence-electron chi connectivity index (χ1n) is 5.70. The van der Waals surface area contributed by atoms with Crippen LogP contribution in [0, 0.1) is 6.92 Å². The zero-order valence-corrected chi connectivity index (χ0v) is 10.3. The fraction of sp³-hybridized carbons (Fsp3) is 0.231. The third-order valence-electron chi connectivity index (χ3n) is 2.35. The molecule has 1 aromatic carbocycles. The van der Waals surface area contributed by atoms with Crippen LogP contribution in [0.15, 0.2) is 36.7 Å².